The number of thiocarbonyl (C=S) groups is 1. The first-order chi connectivity index (χ1) is 15.0. The number of hydrogen-bond donors (Lipinski definition) is 2. The minimum Gasteiger partial charge on any atom is -0.375 e. The van der Waals surface area contributed by atoms with Gasteiger partial charge in [-0.3, -0.25) is 9.78 Å². The van der Waals surface area contributed by atoms with Crippen molar-refractivity contribution in [2.24, 2.45) is 7.05 Å². The highest BCUT2D eigenvalue weighted by Crippen LogP contribution is 2.41. The van der Waals surface area contributed by atoms with Gasteiger partial charge in [0.2, 0.25) is 5.91 Å². The third kappa shape index (κ3) is 4.17. The van der Waals surface area contributed by atoms with Crippen molar-refractivity contribution in [2.45, 2.75) is 19.0 Å². The molecule has 1 fully saturated rings. The second-order valence-corrected chi connectivity index (χ2v) is 7.87. The Morgan fingerprint density at radius 1 is 1.19 bits per heavy atom. The number of amides is 1. The van der Waals surface area contributed by atoms with Crippen molar-refractivity contribution >= 4 is 34.6 Å². The standard InChI is InChI=1S/C23H25N5O2S/c1-15-7-12-19(27(15)2)22-21(18-6-4-5-13-24-18)26-23(31)28(22)17-10-8-16(9-11-17)25-20(29)14-30-3/h4-13,21-22H,14H2,1-3H3,(H,25,29)(H,26,31)/t21-,22+/m1/s1. The van der Waals surface area contributed by atoms with E-state index in [-0.39, 0.29) is 24.6 Å². The van der Waals surface area contributed by atoms with Crippen molar-refractivity contribution < 1.29 is 9.53 Å². The number of methoxy groups -OCH3 is 1. The highest BCUT2D eigenvalue weighted by molar-refractivity contribution is 7.80. The number of nitrogens with zero attached hydrogens (tertiary/aromatic N) is 3. The zero-order valence-electron chi connectivity index (χ0n) is 17.7. The van der Waals surface area contributed by atoms with Crippen LogP contribution < -0.4 is 15.5 Å². The molecule has 0 aliphatic carbocycles. The van der Waals surface area contributed by atoms with Crippen LogP contribution in [0.1, 0.15) is 29.2 Å². The average molecular weight is 436 g/mol. The van der Waals surface area contributed by atoms with Crippen LogP contribution in [0.3, 0.4) is 0 Å². The van der Waals surface area contributed by atoms with E-state index in [2.05, 4.69) is 51.2 Å². The van der Waals surface area contributed by atoms with Crippen LogP contribution in [-0.4, -0.2) is 34.3 Å². The molecule has 1 saturated heterocycles. The summed E-state index contributed by atoms with van der Waals surface area (Å²) in [6.07, 6.45) is 1.80. The molecule has 1 aliphatic heterocycles. The second-order valence-electron chi connectivity index (χ2n) is 7.48. The normalized spacial score (nSPS) is 18.2. The first-order valence-corrected chi connectivity index (χ1v) is 10.4. The molecule has 2 atom stereocenters. The summed E-state index contributed by atoms with van der Waals surface area (Å²) in [5.41, 5.74) is 4.88. The van der Waals surface area contributed by atoms with E-state index >= 15 is 0 Å². The number of rotatable bonds is 6. The van der Waals surface area contributed by atoms with Gasteiger partial charge in [0.25, 0.3) is 0 Å². The van der Waals surface area contributed by atoms with Gasteiger partial charge in [-0.25, -0.2) is 0 Å². The molecule has 3 aromatic rings. The molecule has 0 bridgehead atoms. The van der Waals surface area contributed by atoms with E-state index in [0.717, 1.165) is 17.1 Å². The van der Waals surface area contributed by atoms with Crippen molar-refractivity contribution in [1.82, 2.24) is 14.9 Å². The Labute approximate surface area is 187 Å². The summed E-state index contributed by atoms with van der Waals surface area (Å²) in [6.45, 7) is 2.10. The molecule has 3 heterocycles. The topological polar surface area (TPSA) is 71.4 Å². The number of aromatic nitrogens is 2. The maximum Gasteiger partial charge on any atom is 0.250 e. The molecule has 4 rings (SSSR count). The Bertz CT molecular complexity index is 1080. The summed E-state index contributed by atoms with van der Waals surface area (Å²) in [5, 5.41) is 6.91. The quantitative estimate of drug-likeness (QED) is 0.578. The molecular formula is C23H25N5O2S. The van der Waals surface area contributed by atoms with E-state index in [0.29, 0.717) is 10.8 Å². The number of benzene rings is 1. The molecule has 31 heavy (non-hydrogen) atoms. The molecule has 2 N–H and O–H groups in total. The highest BCUT2D eigenvalue weighted by atomic mass is 32.1. The minimum absolute atomic E-state index is 0.0164. The molecule has 1 amide bonds. The summed E-state index contributed by atoms with van der Waals surface area (Å²) in [4.78, 5) is 18.5. The van der Waals surface area contributed by atoms with Crippen LogP contribution in [0.5, 0.6) is 0 Å². The van der Waals surface area contributed by atoms with Gasteiger partial charge in [-0.15, -0.1) is 0 Å². The van der Waals surface area contributed by atoms with Gasteiger partial charge in [-0.1, -0.05) is 6.07 Å². The number of anilines is 2. The zero-order valence-corrected chi connectivity index (χ0v) is 18.5. The fraction of sp³-hybridized carbons (Fsp3) is 0.261. The fourth-order valence-electron chi connectivity index (χ4n) is 3.90. The van der Waals surface area contributed by atoms with Gasteiger partial charge in [0.05, 0.1) is 11.7 Å². The minimum atomic E-state index is -0.194. The molecule has 1 aliphatic rings. The Morgan fingerprint density at radius 3 is 2.58 bits per heavy atom. The van der Waals surface area contributed by atoms with Crippen LogP contribution in [0.25, 0.3) is 0 Å². The molecule has 1 aromatic carbocycles. The number of carbonyl (C=O) groups excluding carboxylic acids is 1. The summed E-state index contributed by atoms with van der Waals surface area (Å²) in [7, 11) is 3.56. The maximum absolute atomic E-state index is 11.8. The monoisotopic (exact) mass is 435 g/mol. The second kappa shape index (κ2) is 8.87. The van der Waals surface area contributed by atoms with E-state index < -0.39 is 0 Å². The van der Waals surface area contributed by atoms with Crippen LogP contribution in [0.15, 0.2) is 60.8 Å². The molecule has 0 spiro atoms. The smallest absolute Gasteiger partial charge is 0.250 e. The molecule has 0 saturated carbocycles. The Morgan fingerprint density at radius 2 is 1.97 bits per heavy atom. The number of aryl methyl sites for hydroxylation is 1. The number of ether oxygens (including phenoxy) is 1. The molecular weight excluding hydrogens is 410 g/mol. The van der Waals surface area contributed by atoms with Crippen LogP contribution in [0, 0.1) is 6.92 Å². The summed E-state index contributed by atoms with van der Waals surface area (Å²) in [5.74, 6) is -0.194. The van der Waals surface area contributed by atoms with Crippen LogP contribution in [0.2, 0.25) is 0 Å². The average Bonchev–Trinajstić information content (AvgIpc) is 3.28. The third-order valence-corrected chi connectivity index (χ3v) is 5.83. The third-order valence-electron chi connectivity index (χ3n) is 5.52. The van der Waals surface area contributed by atoms with Crippen molar-refractivity contribution in [3.63, 3.8) is 0 Å². The van der Waals surface area contributed by atoms with Crippen LogP contribution >= 0.6 is 12.2 Å². The van der Waals surface area contributed by atoms with E-state index in [1.807, 2.05) is 42.5 Å². The van der Waals surface area contributed by atoms with Crippen molar-refractivity contribution in [3.05, 3.63) is 77.9 Å². The lowest BCUT2D eigenvalue weighted by molar-refractivity contribution is -0.119. The van der Waals surface area contributed by atoms with Crippen molar-refractivity contribution in [2.75, 3.05) is 23.9 Å². The first kappa shape index (κ1) is 21.0. The summed E-state index contributed by atoms with van der Waals surface area (Å²) in [6, 6.07) is 17.6. The lowest BCUT2D eigenvalue weighted by Crippen LogP contribution is -2.30. The lowest BCUT2D eigenvalue weighted by atomic mass is 10.0. The van der Waals surface area contributed by atoms with Gasteiger partial charge in [-0.2, -0.15) is 0 Å². The lowest BCUT2D eigenvalue weighted by Gasteiger charge is -2.28. The van der Waals surface area contributed by atoms with E-state index in [1.54, 1.807) is 6.20 Å². The predicted octanol–water partition coefficient (Wildman–Crippen LogP) is 3.49. The van der Waals surface area contributed by atoms with Gasteiger partial charge in [0, 0.05) is 43.1 Å². The molecule has 2 aromatic heterocycles. The number of hydrogen-bond acceptors (Lipinski definition) is 4. The number of nitrogens with one attached hydrogen (secondary N) is 2. The summed E-state index contributed by atoms with van der Waals surface area (Å²) < 4.78 is 7.05. The number of carbonyl (C=O) groups is 1. The molecule has 0 radical (unpaired) electrons. The molecule has 8 heteroatoms. The van der Waals surface area contributed by atoms with Crippen molar-refractivity contribution in [1.29, 1.82) is 0 Å². The van der Waals surface area contributed by atoms with Crippen LogP contribution in [-0.2, 0) is 16.6 Å². The van der Waals surface area contributed by atoms with E-state index in [4.69, 9.17) is 17.0 Å². The van der Waals surface area contributed by atoms with E-state index in [9.17, 15) is 4.79 Å². The number of pyridine rings is 1. The SMILES string of the molecule is COCC(=O)Nc1ccc(N2C(=S)N[C@H](c3ccccn3)[C@@H]2c2ccc(C)n2C)cc1. The molecule has 0 unspecified atom stereocenters. The van der Waals surface area contributed by atoms with E-state index in [1.165, 1.54) is 12.8 Å². The van der Waals surface area contributed by atoms with Gasteiger partial charge < -0.3 is 24.8 Å². The van der Waals surface area contributed by atoms with Gasteiger partial charge in [0.15, 0.2) is 5.11 Å². The van der Waals surface area contributed by atoms with Gasteiger partial charge >= 0.3 is 0 Å². The summed E-state index contributed by atoms with van der Waals surface area (Å²) >= 11 is 5.76. The van der Waals surface area contributed by atoms with Crippen molar-refractivity contribution in [3.8, 4) is 0 Å². The zero-order chi connectivity index (χ0) is 22.0. The maximum atomic E-state index is 11.8. The van der Waals surface area contributed by atoms with Crippen LogP contribution in [0.4, 0.5) is 11.4 Å². The predicted molar refractivity (Wildman–Crippen MR) is 125 cm³/mol. The fourth-order valence-corrected chi connectivity index (χ4v) is 4.24. The Balaban J connectivity index is 1.70. The Kier molecular flexibility index (Phi) is 6.01. The molecule has 160 valence electrons. The molecule has 7 nitrogen and oxygen atoms in total. The Hall–Kier alpha value is -3.23. The van der Waals surface area contributed by atoms with Gasteiger partial charge in [-0.05, 0) is 67.7 Å². The largest absolute Gasteiger partial charge is 0.375 e. The first-order valence-electron chi connectivity index (χ1n) is 10.0. The van der Waals surface area contributed by atoms with Gasteiger partial charge in [0.1, 0.15) is 12.6 Å². The highest BCUT2D eigenvalue weighted by Gasteiger charge is 2.41.